The monoisotopic (exact) mass is 604 g/mol. The van der Waals surface area contributed by atoms with Crippen molar-refractivity contribution < 1.29 is 22.6 Å². The van der Waals surface area contributed by atoms with Crippen molar-refractivity contribution in [3.8, 4) is 28.8 Å². The van der Waals surface area contributed by atoms with E-state index in [0.717, 1.165) is 10.0 Å². The van der Waals surface area contributed by atoms with Crippen LogP contribution in [0.25, 0.3) is 17.1 Å². The molecule has 0 amide bonds. The summed E-state index contributed by atoms with van der Waals surface area (Å²) in [6, 6.07) is 7.26. The normalized spacial score (nSPS) is 13.1. The van der Waals surface area contributed by atoms with Gasteiger partial charge in [-0.3, -0.25) is 9.29 Å². The Kier molecular flexibility index (Phi) is 8.18. The third-order valence-electron chi connectivity index (χ3n) is 5.57. The van der Waals surface area contributed by atoms with Crippen LogP contribution in [0.15, 0.2) is 47.5 Å². The number of methoxy groups -OCH3 is 3. The van der Waals surface area contributed by atoms with Crippen molar-refractivity contribution >= 4 is 31.9 Å². The molecule has 3 aromatic heterocycles. The maximum Gasteiger partial charge on any atom is 0.245 e. The summed E-state index contributed by atoms with van der Waals surface area (Å²) in [5, 5.41) is 7.31. The quantitative estimate of drug-likeness (QED) is 0.283. The van der Waals surface area contributed by atoms with Crippen molar-refractivity contribution in [1.82, 2.24) is 34.7 Å². The molecular weight excluding hydrogens is 580 g/mol. The van der Waals surface area contributed by atoms with Crippen molar-refractivity contribution in [1.29, 1.82) is 0 Å². The lowest BCUT2D eigenvalue weighted by Crippen LogP contribution is -2.33. The van der Waals surface area contributed by atoms with Gasteiger partial charge in [0.15, 0.2) is 17.3 Å². The Morgan fingerprint density at radius 2 is 1.66 bits per heavy atom. The molecule has 1 aromatic carbocycles. The number of nitrogens with one attached hydrogen (secondary N) is 1. The molecule has 2 atom stereocenters. The van der Waals surface area contributed by atoms with Crippen molar-refractivity contribution in [2.24, 2.45) is 0 Å². The number of anilines is 1. The predicted octanol–water partition coefficient (Wildman–Crippen LogP) is 3.12. The second kappa shape index (κ2) is 11.4. The summed E-state index contributed by atoms with van der Waals surface area (Å²) >= 11 is 3.45. The molecular formula is C23H25BrN8O5S. The zero-order valence-electron chi connectivity index (χ0n) is 21.2. The van der Waals surface area contributed by atoms with E-state index in [9.17, 15) is 8.42 Å². The Balaban J connectivity index is 1.84. The second-order valence-corrected chi connectivity index (χ2v) is 11.0. The lowest BCUT2D eigenvalue weighted by molar-refractivity contribution is 0.0949. The summed E-state index contributed by atoms with van der Waals surface area (Å²) in [5.41, 5.74) is 1.66. The standard InChI is InChI=1S/C23H25BrN8O5S/c1-13-10-25-19(26-11-13)18(35-3)14(2)38(33,34)31-23-30-29-20(15-7-6-8-16(24)9-15)32(23)17-21(36-4)27-12-28-22(17)37-5/h6-12,14,18H,1-5H3,(H,30,31)/t14-,18-/m0/s1. The van der Waals surface area contributed by atoms with Gasteiger partial charge in [-0.15, -0.1) is 10.2 Å². The van der Waals surface area contributed by atoms with Crippen LogP contribution in [0.1, 0.15) is 24.4 Å². The summed E-state index contributed by atoms with van der Waals surface area (Å²) in [5.74, 6) is 0.603. The number of aryl methyl sites for hydroxylation is 1. The minimum Gasteiger partial charge on any atom is -0.479 e. The first-order valence-corrected chi connectivity index (χ1v) is 13.5. The number of nitrogens with zero attached hydrogens (tertiary/aromatic N) is 7. The van der Waals surface area contributed by atoms with Gasteiger partial charge in [-0.1, -0.05) is 28.1 Å². The average Bonchev–Trinajstić information content (AvgIpc) is 3.31. The van der Waals surface area contributed by atoms with Gasteiger partial charge in [-0.25, -0.2) is 18.4 Å². The first kappa shape index (κ1) is 27.3. The maximum absolute atomic E-state index is 13.6. The van der Waals surface area contributed by atoms with Crippen LogP contribution in [0.4, 0.5) is 5.95 Å². The average molecular weight is 605 g/mol. The molecule has 0 aliphatic rings. The SMILES string of the molecule is COc1ncnc(OC)c1-n1c(NS(=O)(=O)[C@@H](C)[C@H](OC)c2ncc(C)cn2)nnc1-c1cccc(Br)c1. The highest BCUT2D eigenvalue weighted by molar-refractivity contribution is 9.10. The molecule has 0 spiro atoms. The zero-order valence-corrected chi connectivity index (χ0v) is 23.6. The van der Waals surface area contributed by atoms with Crippen LogP contribution < -0.4 is 14.2 Å². The van der Waals surface area contributed by atoms with Gasteiger partial charge < -0.3 is 14.2 Å². The fraction of sp³-hybridized carbons (Fsp3) is 0.304. The minimum absolute atomic E-state index is 0.115. The summed E-state index contributed by atoms with van der Waals surface area (Å²) in [6.07, 6.45) is 3.49. The van der Waals surface area contributed by atoms with Crippen LogP contribution in [0, 0.1) is 6.92 Å². The topological polar surface area (TPSA) is 156 Å². The molecule has 1 N–H and O–H groups in total. The first-order chi connectivity index (χ1) is 18.2. The molecule has 4 aromatic rings. The van der Waals surface area contributed by atoms with Crippen molar-refractivity contribution in [2.75, 3.05) is 26.1 Å². The van der Waals surface area contributed by atoms with Crippen LogP contribution in [0.3, 0.4) is 0 Å². The molecule has 13 nitrogen and oxygen atoms in total. The fourth-order valence-corrected chi connectivity index (χ4v) is 5.18. The third-order valence-corrected chi connectivity index (χ3v) is 7.76. The van der Waals surface area contributed by atoms with E-state index in [4.69, 9.17) is 14.2 Å². The third kappa shape index (κ3) is 5.44. The van der Waals surface area contributed by atoms with Gasteiger partial charge in [0.2, 0.25) is 27.7 Å². The Morgan fingerprint density at radius 1 is 1.00 bits per heavy atom. The van der Waals surface area contributed by atoms with E-state index in [2.05, 4.69) is 50.8 Å². The first-order valence-electron chi connectivity index (χ1n) is 11.2. The van der Waals surface area contributed by atoms with Gasteiger partial charge in [0, 0.05) is 29.5 Å². The molecule has 3 heterocycles. The van der Waals surface area contributed by atoms with Crippen molar-refractivity contribution in [2.45, 2.75) is 25.2 Å². The Labute approximate surface area is 227 Å². The highest BCUT2D eigenvalue weighted by Gasteiger charge is 2.35. The van der Waals surface area contributed by atoms with Gasteiger partial charge >= 0.3 is 0 Å². The minimum atomic E-state index is -4.14. The zero-order chi connectivity index (χ0) is 27.4. The van der Waals surface area contributed by atoms with E-state index in [-0.39, 0.29) is 35.0 Å². The van der Waals surface area contributed by atoms with Gasteiger partial charge in [-0.2, -0.15) is 9.97 Å². The molecule has 0 aliphatic heterocycles. The van der Waals surface area contributed by atoms with Crippen molar-refractivity contribution in [3.63, 3.8) is 0 Å². The van der Waals surface area contributed by atoms with Crippen LogP contribution in [-0.2, 0) is 14.8 Å². The molecule has 0 fully saturated rings. The molecule has 200 valence electrons. The Hall–Kier alpha value is -3.69. The van der Waals surface area contributed by atoms with Crippen molar-refractivity contribution in [3.05, 3.63) is 58.8 Å². The Bertz CT molecular complexity index is 1510. The molecule has 4 rings (SSSR count). The van der Waals surface area contributed by atoms with Crippen LogP contribution in [0.2, 0.25) is 0 Å². The van der Waals surface area contributed by atoms with E-state index in [1.54, 1.807) is 24.5 Å². The van der Waals surface area contributed by atoms with Crippen LogP contribution >= 0.6 is 15.9 Å². The summed E-state index contributed by atoms with van der Waals surface area (Å²) in [7, 11) is 0.0975. The Morgan fingerprint density at radius 3 is 2.24 bits per heavy atom. The molecule has 38 heavy (non-hydrogen) atoms. The number of halogens is 1. The summed E-state index contributed by atoms with van der Waals surface area (Å²) in [6.45, 7) is 3.32. The number of sulfonamides is 1. The molecule has 0 bridgehead atoms. The number of hydrogen-bond acceptors (Lipinski definition) is 11. The highest BCUT2D eigenvalue weighted by atomic mass is 79.9. The van der Waals surface area contributed by atoms with E-state index in [0.29, 0.717) is 5.56 Å². The van der Waals surface area contributed by atoms with E-state index in [1.165, 1.54) is 39.1 Å². The van der Waals surface area contributed by atoms with Crippen LogP contribution in [0.5, 0.6) is 11.8 Å². The van der Waals surface area contributed by atoms with Gasteiger partial charge in [0.1, 0.15) is 17.7 Å². The molecule has 0 saturated heterocycles. The van der Waals surface area contributed by atoms with Crippen LogP contribution in [-0.4, -0.2) is 69.7 Å². The highest BCUT2D eigenvalue weighted by Crippen LogP contribution is 2.36. The number of ether oxygens (including phenoxy) is 3. The van der Waals surface area contributed by atoms with Gasteiger partial charge in [0.25, 0.3) is 0 Å². The van der Waals surface area contributed by atoms with Gasteiger partial charge in [-0.05, 0) is 31.5 Å². The summed E-state index contributed by atoms with van der Waals surface area (Å²) < 4.78 is 48.3. The second-order valence-electron chi connectivity index (χ2n) is 8.06. The molecule has 0 radical (unpaired) electrons. The lowest BCUT2D eigenvalue weighted by atomic mass is 10.2. The van der Waals surface area contributed by atoms with Gasteiger partial charge in [0.05, 0.1) is 14.2 Å². The van der Waals surface area contributed by atoms with E-state index in [1.807, 2.05) is 19.1 Å². The lowest BCUT2D eigenvalue weighted by Gasteiger charge is -2.22. The number of benzene rings is 1. The van der Waals surface area contributed by atoms with E-state index < -0.39 is 21.4 Å². The number of rotatable bonds is 10. The molecule has 0 aliphatic carbocycles. The smallest absolute Gasteiger partial charge is 0.245 e. The molecule has 15 heteroatoms. The molecule has 0 saturated carbocycles. The number of hydrogen-bond donors (Lipinski definition) is 1. The largest absolute Gasteiger partial charge is 0.479 e. The maximum atomic E-state index is 13.6. The fourth-order valence-electron chi connectivity index (χ4n) is 3.65. The predicted molar refractivity (Wildman–Crippen MR) is 142 cm³/mol. The summed E-state index contributed by atoms with van der Waals surface area (Å²) in [4.78, 5) is 16.8. The molecule has 0 unspecified atom stereocenters. The number of aromatic nitrogens is 7. The van der Waals surface area contributed by atoms with E-state index >= 15 is 0 Å².